The van der Waals surface area contributed by atoms with Crippen LogP contribution in [-0.4, -0.2) is 12.5 Å². The van der Waals surface area contributed by atoms with Gasteiger partial charge in [-0.3, -0.25) is 0 Å². The molecule has 1 atom stereocenters. The van der Waals surface area contributed by atoms with Crippen LogP contribution in [0.5, 0.6) is 0 Å². The second-order valence-electron chi connectivity index (χ2n) is 5.93. The van der Waals surface area contributed by atoms with Gasteiger partial charge in [-0.1, -0.05) is 48.9 Å². The number of benzene rings is 2. The summed E-state index contributed by atoms with van der Waals surface area (Å²) in [6.07, 6.45) is -3.32. The molecule has 0 aliphatic carbocycles. The molecule has 0 aromatic heterocycles. The van der Waals surface area contributed by atoms with Crippen molar-refractivity contribution < 1.29 is 18.0 Å². The first kappa shape index (κ1) is 18.5. The highest BCUT2D eigenvalue weighted by Crippen LogP contribution is 2.36. The van der Waals surface area contributed by atoms with Crippen LogP contribution in [0.2, 0.25) is 5.02 Å². The molecule has 0 aliphatic heterocycles. The number of aryl methyl sites for hydroxylation is 1. The first-order chi connectivity index (χ1) is 11.2. The Labute approximate surface area is 144 Å². The topological polar surface area (TPSA) is 17.1 Å². The van der Waals surface area contributed by atoms with E-state index in [0.29, 0.717) is 16.1 Å². The van der Waals surface area contributed by atoms with E-state index in [9.17, 15) is 18.0 Å². The zero-order valence-corrected chi connectivity index (χ0v) is 14.2. The lowest BCUT2D eigenvalue weighted by atomic mass is 9.91. The van der Waals surface area contributed by atoms with Crippen LogP contribution in [0.4, 0.5) is 13.2 Å². The number of alkyl halides is 3. The number of carbonyl (C=O) groups is 1. The Morgan fingerprint density at radius 1 is 1.17 bits per heavy atom. The predicted molar refractivity (Wildman–Crippen MR) is 90.3 cm³/mol. The van der Waals surface area contributed by atoms with Gasteiger partial charge in [-0.15, -0.1) is 0 Å². The summed E-state index contributed by atoms with van der Waals surface area (Å²) in [6, 6.07) is 10.5. The highest BCUT2D eigenvalue weighted by Gasteiger charge is 2.36. The number of hydrogen-bond donors (Lipinski definition) is 0. The third-order valence-electron chi connectivity index (χ3n) is 4.13. The molecule has 2 aromatic carbocycles. The number of rotatable bonds is 5. The fraction of sp³-hybridized carbons (Fsp3) is 0.316. The van der Waals surface area contributed by atoms with Gasteiger partial charge in [0.05, 0.1) is 5.92 Å². The SMILES string of the molecule is Cc1ccc(-c2c(Cl)cccc2CC(C)C(F)(F)F)cc1CC=O. The van der Waals surface area contributed by atoms with Crippen LogP contribution in [0.1, 0.15) is 23.6 Å². The summed E-state index contributed by atoms with van der Waals surface area (Å²) in [7, 11) is 0. The number of carbonyl (C=O) groups excluding carboxylic acids is 1. The molecule has 5 heteroatoms. The molecule has 128 valence electrons. The van der Waals surface area contributed by atoms with E-state index < -0.39 is 12.1 Å². The lowest BCUT2D eigenvalue weighted by Gasteiger charge is -2.19. The Morgan fingerprint density at radius 2 is 1.88 bits per heavy atom. The van der Waals surface area contributed by atoms with Crippen LogP contribution >= 0.6 is 11.6 Å². The molecular formula is C19H18ClF3O. The van der Waals surface area contributed by atoms with E-state index in [0.717, 1.165) is 29.9 Å². The van der Waals surface area contributed by atoms with Crippen LogP contribution < -0.4 is 0 Å². The molecule has 0 spiro atoms. The van der Waals surface area contributed by atoms with Crippen molar-refractivity contribution in [3.8, 4) is 11.1 Å². The Balaban J connectivity index is 2.50. The fourth-order valence-corrected chi connectivity index (χ4v) is 2.95. The summed E-state index contributed by atoms with van der Waals surface area (Å²) in [4.78, 5) is 10.8. The third-order valence-corrected chi connectivity index (χ3v) is 4.44. The van der Waals surface area contributed by atoms with Crippen molar-refractivity contribution in [2.24, 2.45) is 5.92 Å². The van der Waals surface area contributed by atoms with Crippen molar-refractivity contribution in [2.45, 2.75) is 32.9 Å². The molecular weight excluding hydrogens is 337 g/mol. The molecule has 1 unspecified atom stereocenters. The minimum Gasteiger partial charge on any atom is -0.303 e. The molecule has 0 amide bonds. The molecule has 0 fully saturated rings. The average molecular weight is 355 g/mol. The van der Waals surface area contributed by atoms with Crippen molar-refractivity contribution in [3.05, 3.63) is 58.1 Å². The van der Waals surface area contributed by atoms with E-state index in [1.54, 1.807) is 18.2 Å². The molecule has 0 aliphatic rings. The zero-order valence-electron chi connectivity index (χ0n) is 13.5. The van der Waals surface area contributed by atoms with Gasteiger partial charge < -0.3 is 4.79 Å². The standard InChI is InChI=1S/C19H18ClF3O/c1-12-6-7-16(11-14(12)8-9-24)18-15(4-3-5-17(18)20)10-13(2)19(21,22)23/h3-7,9,11,13H,8,10H2,1-2H3. The highest BCUT2D eigenvalue weighted by molar-refractivity contribution is 6.33. The molecule has 24 heavy (non-hydrogen) atoms. The van der Waals surface area contributed by atoms with E-state index in [1.807, 2.05) is 25.1 Å². The molecule has 0 N–H and O–H groups in total. The first-order valence-corrected chi connectivity index (χ1v) is 7.99. The van der Waals surface area contributed by atoms with Crippen LogP contribution in [0.25, 0.3) is 11.1 Å². The number of hydrogen-bond acceptors (Lipinski definition) is 1. The summed E-state index contributed by atoms with van der Waals surface area (Å²) >= 11 is 6.28. The van der Waals surface area contributed by atoms with E-state index in [2.05, 4.69) is 0 Å². The summed E-state index contributed by atoms with van der Waals surface area (Å²) in [5.74, 6) is -1.46. The van der Waals surface area contributed by atoms with Crippen molar-refractivity contribution in [2.75, 3.05) is 0 Å². The molecule has 2 aromatic rings. The zero-order chi connectivity index (χ0) is 17.9. The normalized spacial score (nSPS) is 12.9. The largest absolute Gasteiger partial charge is 0.391 e. The lowest BCUT2D eigenvalue weighted by Crippen LogP contribution is -2.22. The maximum absolute atomic E-state index is 12.9. The molecule has 0 heterocycles. The van der Waals surface area contributed by atoms with E-state index in [1.165, 1.54) is 0 Å². The van der Waals surface area contributed by atoms with Gasteiger partial charge in [0.1, 0.15) is 6.29 Å². The molecule has 0 bridgehead atoms. The van der Waals surface area contributed by atoms with Gasteiger partial charge in [0.2, 0.25) is 0 Å². The molecule has 0 saturated heterocycles. The Hall–Kier alpha value is -1.81. The smallest absolute Gasteiger partial charge is 0.303 e. The monoisotopic (exact) mass is 354 g/mol. The fourth-order valence-electron chi connectivity index (χ4n) is 2.64. The summed E-state index contributed by atoms with van der Waals surface area (Å²) in [5, 5.41) is 0.405. The van der Waals surface area contributed by atoms with E-state index in [-0.39, 0.29) is 12.8 Å². The van der Waals surface area contributed by atoms with Crippen LogP contribution in [0.15, 0.2) is 36.4 Å². The second-order valence-corrected chi connectivity index (χ2v) is 6.34. The molecule has 2 rings (SSSR count). The van der Waals surface area contributed by atoms with Crippen molar-refractivity contribution in [3.63, 3.8) is 0 Å². The lowest BCUT2D eigenvalue weighted by molar-refractivity contribution is -0.169. The quantitative estimate of drug-likeness (QED) is 0.620. The number of halogens is 4. The number of aldehydes is 1. The maximum Gasteiger partial charge on any atom is 0.391 e. The van der Waals surface area contributed by atoms with Crippen LogP contribution in [-0.2, 0) is 17.6 Å². The molecule has 1 nitrogen and oxygen atoms in total. The van der Waals surface area contributed by atoms with Crippen molar-refractivity contribution >= 4 is 17.9 Å². The van der Waals surface area contributed by atoms with Gasteiger partial charge in [0, 0.05) is 17.0 Å². The summed E-state index contributed by atoms with van der Waals surface area (Å²) in [6.45, 7) is 3.06. The van der Waals surface area contributed by atoms with E-state index in [4.69, 9.17) is 11.6 Å². The predicted octanol–water partition coefficient (Wildman–Crippen LogP) is 5.80. The molecule has 0 radical (unpaired) electrons. The maximum atomic E-state index is 12.9. The highest BCUT2D eigenvalue weighted by atomic mass is 35.5. The van der Waals surface area contributed by atoms with Gasteiger partial charge in [-0.05, 0) is 41.7 Å². The summed E-state index contributed by atoms with van der Waals surface area (Å²) in [5.41, 5.74) is 3.68. The minimum absolute atomic E-state index is 0.143. The van der Waals surface area contributed by atoms with Gasteiger partial charge in [-0.25, -0.2) is 0 Å². The van der Waals surface area contributed by atoms with Crippen LogP contribution in [0.3, 0.4) is 0 Å². The summed E-state index contributed by atoms with van der Waals surface area (Å²) < 4.78 is 38.7. The molecule has 0 saturated carbocycles. The van der Waals surface area contributed by atoms with Crippen molar-refractivity contribution in [1.29, 1.82) is 0 Å². The minimum atomic E-state index is -4.25. The average Bonchev–Trinajstić information content (AvgIpc) is 2.49. The second kappa shape index (κ2) is 7.39. The Morgan fingerprint density at radius 3 is 2.50 bits per heavy atom. The van der Waals surface area contributed by atoms with Gasteiger partial charge >= 0.3 is 6.18 Å². The Bertz CT molecular complexity index is 738. The van der Waals surface area contributed by atoms with Crippen molar-refractivity contribution in [1.82, 2.24) is 0 Å². The van der Waals surface area contributed by atoms with Gasteiger partial charge in [0.15, 0.2) is 0 Å². The van der Waals surface area contributed by atoms with E-state index >= 15 is 0 Å². The van der Waals surface area contributed by atoms with Crippen LogP contribution in [0, 0.1) is 12.8 Å². The van der Waals surface area contributed by atoms with Gasteiger partial charge in [-0.2, -0.15) is 13.2 Å². The van der Waals surface area contributed by atoms with Gasteiger partial charge in [0.25, 0.3) is 0 Å². The third kappa shape index (κ3) is 4.18. The first-order valence-electron chi connectivity index (χ1n) is 7.61. The Kier molecular flexibility index (Phi) is 5.70.